The van der Waals surface area contributed by atoms with Crippen LogP contribution in [0.3, 0.4) is 0 Å². The SMILES string of the molecule is Cc1c(C(C)C)cc[c-]1OO.[Fe+2].c1cc[cH-]c1. The summed E-state index contributed by atoms with van der Waals surface area (Å²) in [5, 5.41) is 8.41. The topological polar surface area (TPSA) is 29.5 Å². The van der Waals surface area contributed by atoms with Crippen LogP contribution in [-0.4, -0.2) is 5.26 Å². The van der Waals surface area contributed by atoms with E-state index >= 15 is 0 Å². The first-order chi connectivity index (χ1) is 7.66. The first-order valence-electron chi connectivity index (χ1n) is 5.41. The molecule has 2 aromatic carbocycles. The standard InChI is InChI=1S/C9H13O2.C5H5.Fe/c1-6(2)8-4-5-9(11-10)7(8)3;1-2-4-5-3-1;/h4-6,10H,1-3H3;1-5H;/q2*-1;+2. The molecule has 0 heterocycles. The average molecular weight is 274 g/mol. The molecule has 0 radical (unpaired) electrons. The molecular weight excluding hydrogens is 256 g/mol. The molecule has 0 aliphatic carbocycles. The minimum absolute atomic E-state index is 0. The predicted molar refractivity (Wildman–Crippen MR) is 66.2 cm³/mol. The monoisotopic (exact) mass is 274 g/mol. The van der Waals surface area contributed by atoms with Gasteiger partial charge in [0.15, 0.2) is 0 Å². The summed E-state index contributed by atoms with van der Waals surface area (Å²) in [6, 6.07) is 13.8. The second-order valence-corrected chi connectivity index (χ2v) is 3.99. The van der Waals surface area contributed by atoms with Gasteiger partial charge in [0.05, 0.1) is 5.75 Å². The van der Waals surface area contributed by atoms with Crippen LogP contribution in [0, 0.1) is 6.92 Å². The van der Waals surface area contributed by atoms with Crippen LogP contribution in [0.2, 0.25) is 0 Å². The Balaban J connectivity index is 0.000000360. The molecule has 0 aliphatic rings. The molecule has 0 saturated carbocycles. The fourth-order valence-corrected chi connectivity index (χ4v) is 1.60. The molecule has 0 spiro atoms. The van der Waals surface area contributed by atoms with Crippen molar-refractivity contribution in [1.82, 2.24) is 0 Å². The van der Waals surface area contributed by atoms with Crippen molar-refractivity contribution in [2.75, 3.05) is 0 Å². The van der Waals surface area contributed by atoms with E-state index in [1.165, 1.54) is 5.56 Å². The fraction of sp³-hybridized carbons (Fsp3) is 0.286. The van der Waals surface area contributed by atoms with E-state index in [0.29, 0.717) is 11.7 Å². The van der Waals surface area contributed by atoms with Crippen molar-refractivity contribution in [3.05, 3.63) is 53.6 Å². The third kappa shape index (κ3) is 4.78. The molecule has 0 atom stereocenters. The molecule has 94 valence electrons. The zero-order valence-corrected chi connectivity index (χ0v) is 11.4. The Morgan fingerprint density at radius 1 is 1.29 bits per heavy atom. The van der Waals surface area contributed by atoms with Crippen molar-refractivity contribution < 1.29 is 27.2 Å². The van der Waals surface area contributed by atoms with Crippen LogP contribution in [0.25, 0.3) is 0 Å². The summed E-state index contributed by atoms with van der Waals surface area (Å²) in [5.74, 6) is 1.05. The minimum Gasteiger partial charge on any atom is -0.403 e. The van der Waals surface area contributed by atoms with Crippen LogP contribution < -0.4 is 4.89 Å². The summed E-state index contributed by atoms with van der Waals surface area (Å²) >= 11 is 0. The summed E-state index contributed by atoms with van der Waals surface area (Å²) in [6.07, 6.45) is 0. The van der Waals surface area contributed by atoms with Gasteiger partial charge in [0.2, 0.25) is 0 Å². The second kappa shape index (κ2) is 8.13. The van der Waals surface area contributed by atoms with Crippen molar-refractivity contribution in [2.45, 2.75) is 26.7 Å². The van der Waals surface area contributed by atoms with E-state index in [9.17, 15) is 0 Å². The number of rotatable bonds is 2. The Kier molecular flexibility index (Phi) is 7.64. The molecule has 0 bridgehead atoms. The molecule has 0 saturated heterocycles. The van der Waals surface area contributed by atoms with Crippen molar-refractivity contribution in [1.29, 1.82) is 0 Å². The van der Waals surface area contributed by atoms with Crippen LogP contribution >= 0.6 is 0 Å². The zero-order valence-electron chi connectivity index (χ0n) is 10.3. The van der Waals surface area contributed by atoms with E-state index in [-0.39, 0.29) is 17.1 Å². The summed E-state index contributed by atoms with van der Waals surface area (Å²) in [5.41, 5.74) is 2.26. The van der Waals surface area contributed by atoms with Gasteiger partial charge in [-0.1, -0.05) is 26.7 Å². The van der Waals surface area contributed by atoms with Gasteiger partial charge in [-0.2, -0.15) is 23.8 Å². The molecule has 0 aliphatic heterocycles. The van der Waals surface area contributed by atoms with Gasteiger partial charge in [-0.05, 0) is 0 Å². The van der Waals surface area contributed by atoms with Crippen molar-refractivity contribution in [2.24, 2.45) is 0 Å². The van der Waals surface area contributed by atoms with Gasteiger partial charge in [0, 0.05) is 0 Å². The molecule has 1 N–H and O–H groups in total. The second-order valence-electron chi connectivity index (χ2n) is 3.99. The van der Waals surface area contributed by atoms with Gasteiger partial charge < -0.3 is 4.89 Å². The summed E-state index contributed by atoms with van der Waals surface area (Å²) in [7, 11) is 0. The third-order valence-electron chi connectivity index (χ3n) is 2.49. The first kappa shape index (κ1) is 16.0. The van der Waals surface area contributed by atoms with E-state index in [4.69, 9.17) is 5.26 Å². The number of hydrogen-bond acceptors (Lipinski definition) is 2. The molecule has 0 unspecified atom stereocenters. The predicted octanol–water partition coefficient (Wildman–Crippen LogP) is 4.09. The van der Waals surface area contributed by atoms with Gasteiger partial charge in [-0.3, -0.25) is 0 Å². The third-order valence-corrected chi connectivity index (χ3v) is 2.49. The average Bonchev–Trinajstić information content (AvgIpc) is 2.88. The summed E-state index contributed by atoms with van der Waals surface area (Å²) in [6.45, 7) is 6.17. The molecular formula is C14H18FeO2. The molecule has 0 fully saturated rings. The smallest absolute Gasteiger partial charge is 0.403 e. The van der Waals surface area contributed by atoms with Gasteiger partial charge in [0.25, 0.3) is 0 Å². The van der Waals surface area contributed by atoms with E-state index in [1.54, 1.807) is 6.07 Å². The minimum atomic E-state index is 0. The van der Waals surface area contributed by atoms with Crippen molar-refractivity contribution in [3.63, 3.8) is 0 Å². The van der Waals surface area contributed by atoms with E-state index in [2.05, 4.69) is 18.7 Å². The Labute approximate surface area is 113 Å². The zero-order chi connectivity index (χ0) is 12.0. The molecule has 2 aromatic rings. The van der Waals surface area contributed by atoms with Crippen LogP contribution in [-0.2, 0) is 17.1 Å². The fourth-order valence-electron chi connectivity index (χ4n) is 1.60. The molecule has 2 nitrogen and oxygen atoms in total. The normalized spacial score (nSPS) is 9.24. The van der Waals surface area contributed by atoms with Gasteiger partial charge in [-0.15, -0.1) is 11.6 Å². The summed E-state index contributed by atoms with van der Waals surface area (Å²) < 4.78 is 0. The van der Waals surface area contributed by atoms with E-state index < -0.39 is 0 Å². The Hall–Kier alpha value is -1.02. The Morgan fingerprint density at radius 2 is 1.88 bits per heavy atom. The quantitative estimate of drug-likeness (QED) is 0.387. The van der Waals surface area contributed by atoms with E-state index in [1.807, 2.05) is 43.3 Å². The molecule has 0 amide bonds. The van der Waals surface area contributed by atoms with Gasteiger partial charge in [0.1, 0.15) is 0 Å². The van der Waals surface area contributed by atoms with Crippen molar-refractivity contribution >= 4 is 0 Å². The van der Waals surface area contributed by atoms with Crippen molar-refractivity contribution in [3.8, 4) is 5.75 Å². The van der Waals surface area contributed by atoms with Gasteiger partial charge in [-0.25, -0.2) is 23.5 Å². The summed E-state index contributed by atoms with van der Waals surface area (Å²) in [4.78, 5) is 4.18. The van der Waals surface area contributed by atoms with Crippen LogP contribution in [0.5, 0.6) is 5.75 Å². The largest absolute Gasteiger partial charge is 2.00 e. The Morgan fingerprint density at radius 3 is 2.12 bits per heavy atom. The maximum atomic E-state index is 8.41. The number of hydrogen-bond donors (Lipinski definition) is 1. The molecule has 0 aromatic heterocycles. The molecule has 17 heavy (non-hydrogen) atoms. The molecule has 3 heteroatoms. The van der Waals surface area contributed by atoms with Crippen LogP contribution in [0.15, 0.2) is 42.5 Å². The molecule has 2 rings (SSSR count). The van der Waals surface area contributed by atoms with Gasteiger partial charge >= 0.3 is 17.1 Å². The Bertz CT molecular complexity index is 371. The van der Waals surface area contributed by atoms with Crippen LogP contribution in [0.1, 0.15) is 30.9 Å². The first-order valence-corrected chi connectivity index (χ1v) is 5.41. The van der Waals surface area contributed by atoms with Crippen LogP contribution in [0.4, 0.5) is 0 Å². The maximum Gasteiger partial charge on any atom is 2.00 e. The van der Waals surface area contributed by atoms with E-state index in [0.717, 1.165) is 5.56 Å². The maximum absolute atomic E-state index is 8.41.